The van der Waals surface area contributed by atoms with Gasteiger partial charge in [-0.1, -0.05) is 48.5 Å². The zero-order chi connectivity index (χ0) is 25.4. The molecular formula is C32H34N2O3. The van der Waals surface area contributed by atoms with E-state index in [1.165, 1.54) is 45.5 Å². The van der Waals surface area contributed by atoms with Gasteiger partial charge in [-0.2, -0.15) is 0 Å². The number of carboxylic acid groups (broad SMARTS) is 1. The minimum Gasteiger partial charge on any atom is -0.508 e. The summed E-state index contributed by atoms with van der Waals surface area (Å²) in [6, 6.07) is 25.5. The van der Waals surface area contributed by atoms with Crippen LogP contribution in [-0.2, 0) is 11.2 Å². The van der Waals surface area contributed by atoms with E-state index < -0.39 is 5.97 Å². The molecule has 0 unspecified atom stereocenters. The minimum atomic E-state index is -0.738. The third-order valence-corrected chi connectivity index (χ3v) is 8.31. The van der Waals surface area contributed by atoms with E-state index in [0.29, 0.717) is 5.75 Å². The van der Waals surface area contributed by atoms with Gasteiger partial charge in [-0.3, -0.25) is 9.69 Å². The largest absolute Gasteiger partial charge is 0.508 e. The number of aryl methyl sites for hydroxylation is 1. The monoisotopic (exact) mass is 494 g/mol. The van der Waals surface area contributed by atoms with Gasteiger partial charge in [0.1, 0.15) is 5.75 Å². The molecule has 0 amide bonds. The van der Waals surface area contributed by atoms with Crippen molar-refractivity contribution in [1.82, 2.24) is 4.90 Å². The molecule has 190 valence electrons. The molecule has 2 N–H and O–H groups in total. The lowest BCUT2D eigenvalue weighted by atomic mass is 9.73. The van der Waals surface area contributed by atoms with E-state index in [1.807, 2.05) is 11.0 Å². The summed E-state index contributed by atoms with van der Waals surface area (Å²) >= 11 is 0. The summed E-state index contributed by atoms with van der Waals surface area (Å²) in [5.74, 6) is -0.411. The Hall–Kier alpha value is -3.57. The highest BCUT2D eigenvalue weighted by Gasteiger charge is 2.46. The van der Waals surface area contributed by atoms with Gasteiger partial charge >= 0.3 is 5.97 Å². The third-order valence-electron chi connectivity index (χ3n) is 8.31. The summed E-state index contributed by atoms with van der Waals surface area (Å²) in [4.78, 5) is 15.6. The Morgan fingerprint density at radius 1 is 0.865 bits per heavy atom. The predicted octanol–water partition coefficient (Wildman–Crippen LogP) is 5.67. The molecule has 0 saturated carbocycles. The Bertz CT molecular complexity index is 1320. The molecule has 5 heteroatoms. The van der Waals surface area contributed by atoms with E-state index in [4.69, 9.17) is 5.11 Å². The van der Waals surface area contributed by atoms with Crippen molar-refractivity contribution in [2.24, 2.45) is 5.41 Å². The van der Waals surface area contributed by atoms with Crippen LogP contribution in [0, 0.1) is 5.41 Å². The van der Waals surface area contributed by atoms with Crippen LogP contribution in [0.15, 0.2) is 72.8 Å². The van der Waals surface area contributed by atoms with Gasteiger partial charge in [0, 0.05) is 37.3 Å². The lowest BCUT2D eigenvalue weighted by Crippen LogP contribution is -2.63. The summed E-state index contributed by atoms with van der Waals surface area (Å²) in [6.45, 7) is 3.94. The van der Waals surface area contributed by atoms with Crippen molar-refractivity contribution >= 4 is 22.8 Å². The first-order valence-electron chi connectivity index (χ1n) is 13.4. The number of nitrogens with zero attached hydrogens (tertiary/aromatic N) is 2. The fourth-order valence-corrected chi connectivity index (χ4v) is 6.76. The molecule has 3 aromatic rings. The van der Waals surface area contributed by atoms with Gasteiger partial charge in [-0.25, -0.2) is 0 Å². The van der Waals surface area contributed by atoms with Crippen molar-refractivity contribution in [2.45, 2.75) is 32.1 Å². The maximum absolute atomic E-state index is 11.1. The first-order chi connectivity index (χ1) is 18.0. The number of allylic oxidation sites excluding steroid dienone is 1. The third kappa shape index (κ3) is 4.76. The molecule has 3 aromatic carbocycles. The lowest BCUT2D eigenvalue weighted by molar-refractivity contribution is -0.142. The molecule has 5 nitrogen and oxygen atoms in total. The molecule has 37 heavy (non-hydrogen) atoms. The minimum absolute atomic E-state index is 0.147. The Morgan fingerprint density at radius 3 is 2.41 bits per heavy atom. The zero-order valence-corrected chi connectivity index (χ0v) is 21.2. The summed E-state index contributed by atoms with van der Waals surface area (Å²) in [5, 5.41) is 19.3. The van der Waals surface area contributed by atoms with Crippen LogP contribution in [0.3, 0.4) is 0 Å². The highest BCUT2D eigenvalue weighted by atomic mass is 16.4. The molecule has 6 rings (SSSR count). The van der Waals surface area contributed by atoms with Gasteiger partial charge in [0.15, 0.2) is 0 Å². The number of likely N-dealkylation sites (tertiary alicyclic amines) is 1. The lowest BCUT2D eigenvalue weighted by Gasteiger charge is -2.54. The van der Waals surface area contributed by atoms with E-state index in [9.17, 15) is 9.90 Å². The van der Waals surface area contributed by atoms with Gasteiger partial charge in [-0.15, -0.1) is 0 Å². The maximum atomic E-state index is 11.1. The summed E-state index contributed by atoms with van der Waals surface area (Å²) in [6.07, 6.45) is 5.32. The van der Waals surface area contributed by atoms with Gasteiger partial charge in [0.2, 0.25) is 0 Å². The van der Waals surface area contributed by atoms with Crippen LogP contribution in [0.1, 0.15) is 47.9 Å². The van der Waals surface area contributed by atoms with Crippen molar-refractivity contribution in [2.75, 3.05) is 37.6 Å². The van der Waals surface area contributed by atoms with Gasteiger partial charge in [0.25, 0.3) is 0 Å². The summed E-state index contributed by atoms with van der Waals surface area (Å²) in [5.41, 5.74) is 8.98. The van der Waals surface area contributed by atoms with Crippen molar-refractivity contribution in [3.8, 4) is 5.75 Å². The Labute approximate surface area is 218 Å². The number of carboxylic acids is 1. The molecule has 1 aliphatic carbocycles. The van der Waals surface area contributed by atoms with E-state index in [-0.39, 0.29) is 12.0 Å². The molecule has 0 radical (unpaired) electrons. The van der Waals surface area contributed by atoms with Crippen LogP contribution >= 0.6 is 0 Å². The SMILES string of the molecule is O=C(O)CN1CC2(CCCN(c3ccc(C4=C(c5ccccc5)CCCc5cc(O)ccc54)cc3)C2)C1. The number of hydrogen-bond donors (Lipinski definition) is 2. The van der Waals surface area contributed by atoms with Crippen LogP contribution in [0.25, 0.3) is 11.1 Å². The molecular weight excluding hydrogens is 460 g/mol. The Balaban J connectivity index is 1.31. The number of aromatic hydroxyl groups is 1. The van der Waals surface area contributed by atoms with Crippen LogP contribution in [0.2, 0.25) is 0 Å². The fourth-order valence-electron chi connectivity index (χ4n) is 6.76. The van der Waals surface area contributed by atoms with Gasteiger partial charge in [-0.05, 0) is 89.8 Å². The van der Waals surface area contributed by atoms with E-state index >= 15 is 0 Å². The average Bonchev–Trinajstić information content (AvgIpc) is 3.07. The molecule has 2 heterocycles. The van der Waals surface area contributed by atoms with Crippen LogP contribution < -0.4 is 4.90 Å². The number of fused-ring (bicyclic) bond motifs is 1. The number of anilines is 1. The summed E-state index contributed by atoms with van der Waals surface area (Å²) < 4.78 is 0. The van der Waals surface area contributed by atoms with Crippen LogP contribution in [0.4, 0.5) is 5.69 Å². The van der Waals surface area contributed by atoms with Gasteiger partial charge in [0.05, 0.1) is 6.54 Å². The van der Waals surface area contributed by atoms with Crippen molar-refractivity contribution < 1.29 is 15.0 Å². The standard InChI is InChI=1S/C32H34N2O3/c35-27-14-15-29-25(18-27)8-4-9-28(23-6-2-1-3-7-23)31(29)24-10-12-26(13-11-24)34-17-5-16-32(22-34)20-33(21-32)19-30(36)37/h1-3,6-7,10-15,18,35H,4-5,8-9,16-17,19-22H2,(H,36,37). The van der Waals surface area contributed by atoms with Crippen LogP contribution in [-0.4, -0.2) is 53.8 Å². The number of rotatable bonds is 5. The molecule has 0 aromatic heterocycles. The highest BCUT2D eigenvalue weighted by Crippen LogP contribution is 2.43. The zero-order valence-electron chi connectivity index (χ0n) is 21.2. The van der Waals surface area contributed by atoms with Crippen molar-refractivity contribution in [3.63, 3.8) is 0 Å². The normalized spacial score (nSPS) is 19.3. The molecule has 2 aliphatic heterocycles. The molecule has 2 fully saturated rings. The molecule has 0 atom stereocenters. The van der Waals surface area contributed by atoms with E-state index in [2.05, 4.69) is 65.6 Å². The molecule has 0 bridgehead atoms. The second-order valence-corrected chi connectivity index (χ2v) is 11.0. The number of piperidine rings is 1. The van der Waals surface area contributed by atoms with Crippen molar-refractivity contribution in [3.05, 3.63) is 95.1 Å². The Morgan fingerprint density at radius 2 is 1.65 bits per heavy atom. The van der Waals surface area contributed by atoms with Gasteiger partial charge < -0.3 is 15.1 Å². The number of aliphatic carboxylic acids is 1. The molecule has 3 aliphatic rings. The van der Waals surface area contributed by atoms with E-state index in [1.54, 1.807) is 6.07 Å². The fraction of sp³-hybridized carbons (Fsp3) is 0.344. The number of hydrogen-bond acceptors (Lipinski definition) is 4. The predicted molar refractivity (Wildman–Crippen MR) is 148 cm³/mol. The number of phenols is 1. The molecule has 2 saturated heterocycles. The number of phenolic OH excluding ortho intramolecular Hbond substituents is 1. The highest BCUT2D eigenvalue weighted by molar-refractivity contribution is 6.00. The van der Waals surface area contributed by atoms with E-state index in [0.717, 1.165) is 51.9 Å². The Kier molecular flexibility index (Phi) is 6.25. The summed E-state index contributed by atoms with van der Waals surface area (Å²) in [7, 11) is 0. The average molecular weight is 495 g/mol. The van der Waals surface area contributed by atoms with Crippen molar-refractivity contribution in [1.29, 1.82) is 0 Å². The number of benzene rings is 3. The van der Waals surface area contributed by atoms with Crippen LogP contribution in [0.5, 0.6) is 5.75 Å². The first-order valence-corrected chi connectivity index (χ1v) is 13.4. The number of carbonyl (C=O) groups is 1. The smallest absolute Gasteiger partial charge is 0.317 e. The first kappa shape index (κ1) is 23.8. The molecule has 1 spiro atoms. The second-order valence-electron chi connectivity index (χ2n) is 11.0. The maximum Gasteiger partial charge on any atom is 0.317 e. The topological polar surface area (TPSA) is 64.0 Å². The quantitative estimate of drug-likeness (QED) is 0.478. The second kappa shape index (κ2) is 9.71.